The van der Waals surface area contributed by atoms with Gasteiger partial charge >= 0.3 is 6.03 Å². The standard InChI is InChI=1S/C14H21N3OS/c1-8-7-19-13(15-8)12(11-5-6-11)17-14(18)16-9(2)10-3-4-10/h7,9-12H,3-6H2,1-2H3,(H2,16,17,18). The van der Waals surface area contributed by atoms with Crippen molar-refractivity contribution >= 4 is 17.4 Å². The number of amides is 2. The number of aryl methyl sites for hydroxylation is 1. The SMILES string of the molecule is Cc1csc(C(NC(=O)NC(C)C2CC2)C2CC2)n1. The molecule has 5 heteroatoms. The van der Waals surface area contributed by atoms with Crippen LogP contribution >= 0.6 is 11.3 Å². The van der Waals surface area contributed by atoms with Gasteiger partial charge in [0, 0.05) is 17.1 Å². The molecule has 0 bridgehead atoms. The van der Waals surface area contributed by atoms with Gasteiger partial charge in [-0.3, -0.25) is 0 Å². The molecule has 2 amide bonds. The third kappa shape index (κ3) is 3.26. The van der Waals surface area contributed by atoms with Crippen molar-refractivity contribution < 1.29 is 4.79 Å². The fourth-order valence-electron chi connectivity index (χ4n) is 2.43. The van der Waals surface area contributed by atoms with E-state index in [1.165, 1.54) is 25.7 Å². The molecule has 1 heterocycles. The zero-order chi connectivity index (χ0) is 13.4. The topological polar surface area (TPSA) is 54.0 Å². The molecule has 0 saturated heterocycles. The van der Waals surface area contributed by atoms with E-state index in [0.717, 1.165) is 10.7 Å². The van der Waals surface area contributed by atoms with Crippen molar-refractivity contribution in [2.45, 2.75) is 51.6 Å². The first-order chi connectivity index (χ1) is 9.13. The highest BCUT2D eigenvalue weighted by molar-refractivity contribution is 7.09. The van der Waals surface area contributed by atoms with E-state index in [0.29, 0.717) is 11.8 Å². The van der Waals surface area contributed by atoms with Crippen molar-refractivity contribution in [1.29, 1.82) is 0 Å². The lowest BCUT2D eigenvalue weighted by Crippen LogP contribution is -2.43. The molecule has 2 atom stereocenters. The van der Waals surface area contributed by atoms with Gasteiger partial charge in [0.25, 0.3) is 0 Å². The van der Waals surface area contributed by atoms with Crippen LogP contribution in [-0.2, 0) is 0 Å². The van der Waals surface area contributed by atoms with Gasteiger partial charge in [0.2, 0.25) is 0 Å². The summed E-state index contributed by atoms with van der Waals surface area (Å²) in [6.45, 7) is 4.09. The summed E-state index contributed by atoms with van der Waals surface area (Å²) in [7, 11) is 0. The molecule has 0 aromatic carbocycles. The van der Waals surface area contributed by atoms with Crippen LogP contribution in [0.2, 0.25) is 0 Å². The molecule has 104 valence electrons. The summed E-state index contributed by atoms with van der Waals surface area (Å²) < 4.78 is 0. The minimum atomic E-state index is -0.0378. The van der Waals surface area contributed by atoms with E-state index in [4.69, 9.17) is 0 Å². The Labute approximate surface area is 118 Å². The second-order valence-corrected chi connectivity index (χ2v) is 6.78. The van der Waals surface area contributed by atoms with Crippen LogP contribution in [0.5, 0.6) is 0 Å². The third-order valence-electron chi connectivity index (χ3n) is 3.97. The lowest BCUT2D eigenvalue weighted by Gasteiger charge is -2.19. The average molecular weight is 279 g/mol. The van der Waals surface area contributed by atoms with Gasteiger partial charge in [0.05, 0.1) is 6.04 Å². The van der Waals surface area contributed by atoms with E-state index in [2.05, 4.69) is 27.9 Å². The molecule has 2 aliphatic carbocycles. The number of urea groups is 1. The van der Waals surface area contributed by atoms with E-state index in [1.54, 1.807) is 11.3 Å². The smallest absolute Gasteiger partial charge is 0.315 e. The van der Waals surface area contributed by atoms with Crippen molar-refractivity contribution in [3.63, 3.8) is 0 Å². The van der Waals surface area contributed by atoms with Crippen molar-refractivity contribution in [1.82, 2.24) is 15.6 Å². The molecular weight excluding hydrogens is 258 g/mol. The Morgan fingerprint density at radius 3 is 2.53 bits per heavy atom. The monoisotopic (exact) mass is 279 g/mol. The lowest BCUT2D eigenvalue weighted by molar-refractivity contribution is 0.231. The molecule has 2 N–H and O–H groups in total. The van der Waals surface area contributed by atoms with Crippen molar-refractivity contribution in [2.24, 2.45) is 11.8 Å². The second kappa shape index (κ2) is 5.12. The maximum atomic E-state index is 12.1. The van der Waals surface area contributed by atoms with Crippen molar-refractivity contribution in [3.05, 3.63) is 16.1 Å². The van der Waals surface area contributed by atoms with Crippen LogP contribution in [0.25, 0.3) is 0 Å². The third-order valence-corrected chi connectivity index (χ3v) is 5.02. The van der Waals surface area contributed by atoms with Crippen molar-refractivity contribution in [2.75, 3.05) is 0 Å². The Morgan fingerprint density at radius 2 is 2.00 bits per heavy atom. The van der Waals surface area contributed by atoms with E-state index in [9.17, 15) is 4.79 Å². The van der Waals surface area contributed by atoms with E-state index in [1.807, 2.05) is 6.92 Å². The fraction of sp³-hybridized carbons (Fsp3) is 0.714. The quantitative estimate of drug-likeness (QED) is 0.870. The minimum absolute atomic E-state index is 0.0378. The summed E-state index contributed by atoms with van der Waals surface area (Å²) in [4.78, 5) is 16.6. The fourth-order valence-corrected chi connectivity index (χ4v) is 3.37. The maximum absolute atomic E-state index is 12.1. The molecule has 0 spiro atoms. The van der Waals surface area contributed by atoms with E-state index in [-0.39, 0.29) is 18.1 Å². The normalized spacial score (nSPS) is 21.8. The Balaban J connectivity index is 1.59. The Hall–Kier alpha value is -1.10. The molecule has 2 fully saturated rings. The summed E-state index contributed by atoms with van der Waals surface area (Å²) in [5, 5.41) is 9.28. The number of carbonyl (C=O) groups is 1. The minimum Gasteiger partial charge on any atom is -0.335 e. The number of hydrogen-bond donors (Lipinski definition) is 2. The summed E-state index contributed by atoms with van der Waals surface area (Å²) in [5.41, 5.74) is 1.04. The van der Waals surface area contributed by atoms with Crippen LogP contribution in [0.4, 0.5) is 4.79 Å². The Kier molecular flexibility index (Phi) is 3.48. The van der Waals surface area contributed by atoms with E-state index < -0.39 is 0 Å². The summed E-state index contributed by atoms with van der Waals surface area (Å²) >= 11 is 1.65. The number of nitrogens with one attached hydrogen (secondary N) is 2. The van der Waals surface area contributed by atoms with Crippen LogP contribution < -0.4 is 10.6 Å². The summed E-state index contributed by atoms with van der Waals surface area (Å²) in [5.74, 6) is 1.26. The number of thiazole rings is 1. The molecule has 0 aliphatic heterocycles. The maximum Gasteiger partial charge on any atom is 0.315 e. The molecule has 2 aliphatic rings. The first kappa shape index (κ1) is 12.9. The van der Waals surface area contributed by atoms with Gasteiger partial charge in [0.1, 0.15) is 5.01 Å². The lowest BCUT2D eigenvalue weighted by atomic mass is 10.2. The highest BCUT2D eigenvalue weighted by Crippen LogP contribution is 2.41. The molecule has 4 nitrogen and oxygen atoms in total. The highest BCUT2D eigenvalue weighted by Gasteiger charge is 2.36. The van der Waals surface area contributed by atoms with Crippen LogP contribution in [0.15, 0.2) is 5.38 Å². The molecular formula is C14H21N3OS. The largest absolute Gasteiger partial charge is 0.335 e. The van der Waals surface area contributed by atoms with Gasteiger partial charge in [-0.2, -0.15) is 0 Å². The molecule has 2 unspecified atom stereocenters. The van der Waals surface area contributed by atoms with Crippen LogP contribution in [0.1, 0.15) is 49.4 Å². The summed E-state index contributed by atoms with van der Waals surface area (Å²) in [6, 6.07) is 0.354. The van der Waals surface area contributed by atoms with Gasteiger partial charge in [-0.1, -0.05) is 0 Å². The van der Waals surface area contributed by atoms with Crippen LogP contribution in [0, 0.1) is 18.8 Å². The first-order valence-electron chi connectivity index (χ1n) is 7.12. The highest BCUT2D eigenvalue weighted by atomic mass is 32.1. The van der Waals surface area contributed by atoms with E-state index >= 15 is 0 Å². The number of rotatable bonds is 5. The predicted molar refractivity (Wildman–Crippen MR) is 76.2 cm³/mol. The summed E-state index contributed by atoms with van der Waals surface area (Å²) in [6.07, 6.45) is 4.89. The van der Waals surface area contributed by atoms with Crippen molar-refractivity contribution in [3.8, 4) is 0 Å². The average Bonchev–Trinajstić information content (AvgIpc) is 3.25. The van der Waals surface area contributed by atoms with Crippen LogP contribution in [0.3, 0.4) is 0 Å². The molecule has 0 radical (unpaired) electrons. The van der Waals surface area contributed by atoms with Gasteiger partial charge in [-0.05, 0) is 51.4 Å². The van der Waals surface area contributed by atoms with Gasteiger partial charge in [-0.15, -0.1) is 11.3 Å². The van der Waals surface area contributed by atoms with Gasteiger partial charge in [-0.25, -0.2) is 9.78 Å². The zero-order valence-electron chi connectivity index (χ0n) is 11.5. The number of carbonyl (C=O) groups excluding carboxylic acids is 1. The zero-order valence-corrected chi connectivity index (χ0v) is 12.3. The number of aromatic nitrogens is 1. The first-order valence-corrected chi connectivity index (χ1v) is 8.00. The van der Waals surface area contributed by atoms with Gasteiger partial charge in [0.15, 0.2) is 0 Å². The molecule has 3 rings (SSSR count). The predicted octanol–water partition coefficient (Wildman–Crippen LogP) is 3.00. The Bertz CT molecular complexity index is 465. The molecule has 19 heavy (non-hydrogen) atoms. The molecule has 1 aromatic rings. The van der Waals surface area contributed by atoms with Crippen LogP contribution in [-0.4, -0.2) is 17.1 Å². The number of hydrogen-bond acceptors (Lipinski definition) is 3. The van der Waals surface area contributed by atoms with Gasteiger partial charge < -0.3 is 10.6 Å². The number of nitrogens with zero attached hydrogens (tertiary/aromatic N) is 1. The molecule has 1 aromatic heterocycles. The molecule has 2 saturated carbocycles. The Morgan fingerprint density at radius 1 is 1.32 bits per heavy atom. The second-order valence-electron chi connectivity index (χ2n) is 5.89.